The summed E-state index contributed by atoms with van der Waals surface area (Å²) < 4.78 is 0. The Kier molecular flexibility index (Phi) is 4.34. The Morgan fingerprint density at radius 2 is 1.93 bits per heavy atom. The van der Waals surface area contributed by atoms with Gasteiger partial charge in [0.25, 0.3) is 0 Å². The highest BCUT2D eigenvalue weighted by Crippen LogP contribution is 2.35. The molecule has 0 heterocycles. The Morgan fingerprint density at radius 3 is 2.53 bits per heavy atom. The molecule has 0 saturated carbocycles. The van der Waals surface area contributed by atoms with Crippen LogP contribution in [0.15, 0.2) is 18.2 Å². The molecule has 15 heavy (non-hydrogen) atoms. The van der Waals surface area contributed by atoms with Crippen molar-refractivity contribution in [1.29, 1.82) is 0 Å². The molecular formula is C14H22O. The Bertz CT molecular complexity index is 315. The Morgan fingerprint density at radius 1 is 1.27 bits per heavy atom. The smallest absolute Gasteiger partial charge is 0.0796 e. The molecule has 1 unspecified atom stereocenters. The van der Waals surface area contributed by atoms with Crippen molar-refractivity contribution in [2.24, 2.45) is 0 Å². The summed E-state index contributed by atoms with van der Waals surface area (Å²) in [6, 6.07) is 6.29. The normalized spacial score (nSPS) is 18.4. The molecule has 0 spiro atoms. The second-order valence-corrected chi connectivity index (χ2v) is 4.12. The molecule has 0 aromatic heterocycles. The third-order valence-electron chi connectivity index (χ3n) is 2.90. The van der Waals surface area contributed by atoms with E-state index in [2.05, 4.69) is 32.0 Å². The maximum absolute atomic E-state index is 9.69. The fourth-order valence-corrected chi connectivity index (χ4v) is 2.20. The molecule has 1 aliphatic carbocycles. The molecule has 0 aliphatic heterocycles. The summed E-state index contributed by atoms with van der Waals surface area (Å²) in [4.78, 5) is 0. The first-order chi connectivity index (χ1) is 7.20. The number of hydrogen-bond acceptors (Lipinski definition) is 1. The van der Waals surface area contributed by atoms with Gasteiger partial charge in [-0.05, 0) is 35.4 Å². The van der Waals surface area contributed by atoms with Gasteiger partial charge in [-0.2, -0.15) is 0 Å². The average molecular weight is 206 g/mol. The van der Waals surface area contributed by atoms with Crippen molar-refractivity contribution in [2.75, 3.05) is 0 Å². The molecule has 1 aromatic carbocycles. The quantitative estimate of drug-likeness (QED) is 0.740. The van der Waals surface area contributed by atoms with Gasteiger partial charge in [0.05, 0.1) is 6.10 Å². The summed E-state index contributed by atoms with van der Waals surface area (Å²) in [6.07, 6.45) is 1.73. The minimum Gasteiger partial charge on any atom is -0.388 e. The lowest BCUT2D eigenvalue weighted by molar-refractivity contribution is 0.180. The van der Waals surface area contributed by atoms with Gasteiger partial charge in [-0.15, -0.1) is 0 Å². The van der Waals surface area contributed by atoms with Crippen LogP contribution in [0.3, 0.4) is 0 Å². The molecule has 0 saturated heterocycles. The predicted molar refractivity (Wildman–Crippen MR) is 65.2 cm³/mol. The second-order valence-electron chi connectivity index (χ2n) is 4.12. The lowest BCUT2D eigenvalue weighted by Gasteiger charge is -2.11. The topological polar surface area (TPSA) is 20.2 Å². The fourth-order valence-electron chi connectivity index (χ4n) is 2.20. The number of aliphatic hydroxyl groups excluding tert-OH is 1. The first-order valence-corrected chi connectivity index (χ1v) is 6.00. The molecule has 1 atom stereocenters. The first-order valence-electron chi connectivity index (χ1n) is 6.00. The zero-order valence-electron chi connectivity index (χ0n) is 10.2. The zero-order chi connectivity index (χ0) is 11.4. The molecule has 0 radical (unpaired) electrons. The van der Waals surface area contributed by atoms with E-state index in [1.807, 2.05) is 13.8 Å². The van der Waals surface area contributed by atoms with Gasteiger partial charge in [0.1, 0.15) is 0 Å². The minimum atomic E-state index is -0.214. The zero-order valence-corrected chi connectivity index (χ0v) is 10.2. The van der Waals surface area contributed by atoms with Crippen LogP contribution < -0.4 is 0 Å². The van der Waals surface area contributed by atoms with Gasteiger partial charge in [-0.3, -0.25) is 0 Å². The maximum atomic E-state index is 9.69. The van der Waals surface area contributed by atoms with Crippen LogP contribution in [-0.4, -0.2) is 5.11 Å². The van der Waals surface area contributed by atoms with Crippen LogP contribution in [0.1, 0.15) is 62.8 Å². The van der Waals surface area contributed by atoms with Gasteiger partial charge in [0.15, 0.2) is 0 Å². The summed E-state index contributed by atoms with van der Waals surface area (Å²) in [5, 5.41) is 9.69. The highest BCUT2D eigenvalue weighted by molar-refractivity contribution is 5.41. The van der Waals surface area contributed by atoms with Gasteiger partial charge >= 0.3 is 0 Å². The molecule has 1 nitrogen and oxygen atoms in total. The van der Waals surface area contributed by atoms with E-state index in [-0.39, 0.29) is 6.10 Å². The van der Waals surface area contributed by atoms with E-state index in [0.717, 1.165) is 18.4 Å². The van der Waals surface area contributed by atoms with Crippen LogP contribution >= 0.6 is 0 Å². The SMILES string of the molecule is CC.CC(C)c1cccc2c1CCC2O. The highest BCUT2D eigenvalue weighted by Gasteiger charge is 2.22. The molecule has 0 amide bonds. The molecule has 1 aliphatic rings. The van der Waals surface area contributed by atoms with E-state index in [9.17, 15) is 5.11 Å². The molecule has 0 fully saturated rings. The number of benzene rings is 1. The molecule has 1 aromatic rings. The van der Waals surface area contributed by atoms with Gasteiger partial charge < -0.3 is 5.11 Å². The largest absolute Gasteiger partial charge is 0.388 e. The number of fused-ring (bicyclic) bond motifs is 1. The van der Waals surface area contributed by atoms with Gasteiger partial charge in [-0.25, -0.2) is 0 Å². The molecule has 1 N–H and O–H groups in total. The first kappa shape index (κ1) is 12.3. The van der Waals surface area contributed by atoms with E-state index >= 15 is 0 Å². The lowest BCUT2D eigenvalue weighted by Crippen LogP contribution is -1.96. The van der Waals surface area contributed by atoms with Crippen molar-refractivity contribution in [3.8, 4) is 0 Å². The van der Waals surface area contributed by atoms with Crippen molar-refractivity contribution in [3.05, 3.63) is 34.9 Å². The molecule has 84 valence electrons. The van der Waals surface area contributed by atoms with E-state index < -0.39 is 0 Å². The monoisotopic (exact) mass is 206 g/mol. The standard InChI is InChI=1S/C12H16O.C2H6/c1-8(2)9-4-3-5-11-10(9)6-7-12(11)13;1-2/h3-5,8,12-13H,6-7H2,1-2H3;1-2H3. The average Bonchev–Trinajstić information content (AvgIpc) is 2.63. The van der Waals surface area contributed by atoms with Crippen molar-refractivity contribution >= 4 is 0 Å². The summed E-state index contributed by atoms with van der Waals surface area (Å²) in [7, 11) is 0. The number of aliphatic hydroxyl groups is 1. The van der Waals surface area contributed by atoms with E-state index in [0.29, 0.717) is 5.92 Å². The van der Waals surface area contributed by atoms with Crippen LogP contribution in [0.2, 0.25) is 0 Å². The van der Waals surface area contributed by atoms with E-state index in [4.69, 9.17) is 0 Å². The van der Waals surface area contributed by atoms with Crippen molar-refractivity contribution in [1.82, 2.24) is 0 Å². The number of rotatable bonds is 1. The third-order valence-corrected chi connectivity index (χ3v) is 2.90. The Hall–Kier alpha value is -0.820. The minimum absolute atomic E-state index is 0.214. The molecule has 2 rings (SSSR count). The Balaban J connectivity index is 0.000000531. The van der Waals surface area contributed by atoms with Crippen molar-refractivity contribution in [3.63, 3.8) is 0 Å². The van der Waals surface area contributed by atoms with Gasteiger partial charge in [-0.1, -0.05) is 45.9 Å². The molecular weight excluding hydrogens is 184 g/mol. The summed E-state index contributed by atoms with van der Waals surface area (Å²) in [5.41, 5.74) is 3.96. The summed E-state index contributed by atoms with van der Waals surface area (Å²) in [6.45, 7) is 8.42. The van der Waals surface area contributed by atoms with Crippen molar-refractivity contribution < 1.29 is 5.11 Å². The van der Waals surface area contributed by atoms with Gasteiger partial charge in [0.2, 0.25) is 0 Å². The second kappa shape index (κ2) is 5.32. The van der Waals surface area contributed by atoms with E-state index in [1.54, 1.807) is 0 Å². The maximum Gasteiger partial charge on any atom is 0.0796 e. The van der Waals surface area contributed by atoms with Crippen molar-refractivity contribution in [2.45, 2.75) is 52.6 Å². The molecule has 0 bridgehead atoms. The van der Waals surface area contributed by atoms with Crippen LogP contribution in [0.5, 0.6) is 0 Å². The Labute approximate surface area is 93.1 Å². The van der Waals surface area contributed by atoms with Crippen LogP contribution in [0.25, 0.3) is 0 Å². The third kappa shape index (κ3) is 2.40. The molecule has 1 heteroatoms. The van der Waals surface area contributed by atoms with Gasteiger partial charge in [0, 0.05) is 0 Å². The van der Waals surface area contributed by atoms with Crippen LogP contribution in [0, 0.1) is 0 Å². The summed E-state index contributed by atoms with van der Waals surface area (Å²) in [5.74, 6) is 0.570. The lowest BCUT2D eigenvalue weighted by atomic mass is 9.95. The van der Waals surface area contributed by atoms with E-state index in [1.165, 1.54) is 11.1 Å². The predicted octanol–water partition coefficient (Wildman–Crippen LogP) is 3.82. The highest BCUT2D eigenvalue weighted by atomic mass is 16.3. The summed E-state index contributed by atoms with van der Waals surface area (Å²) >= 11 is 0. The fraction of sp³-hybridized carbons (Fsp3) is 0.571. The van der Waals surface area contributed by atoms with Crippen LogP contribution in [0.4, 0.5) is 0 Å². The number of hydrogen-bond donors (Lipinski definition) is 1. The van der Waals surface area contributed by atoms with Crippen LogP contribution in [-0.2, 0) is 6.42 Å².